The van der Waals surface area contributed by atoms with Crippen LogP contribution < -0.4 is 10.9 Å². The fraction of sp³-hybridized carbons (Fsp3) is 0.214. The fourth-order valence-corrected chi connectivity index (χ4v) is 1.77. The molecule has 19 heavy (non-hydrogen) atoms. The van der Waals surface area contributed by atoms with Crippen LogP contribution in [0.25, 0.3) is 0 Å². The van der Waals surface area contributed by atoms with Crippen molar-refractivity contribution in [2.24, 2.45) is 0 Å². The van der Waals surface area contributed by atoms with Crippen LogP contribution in [0, 0.1) is 11.6 Å². The van der Waals surface area contributed by atoms with E-state index in [1.165, 1.54) is 22.8 Å². The summed E-state index contributed by atoms with van der Waals surface area (Å²) in [6.07, 6.45) is 1.65. The molecule has 3 nitrogen and oxygen atoms in total. The number of hydrogen-bond donors (Lipinski definition) is 1. The highest BCUT2D eigenvalue weighted by Gasteiger charge is 2.07. The van der Waals surface area contributed by atoms with Crippen LogP contribution in [-0.2, 0) is 13.1 Å². The van der Waals surface area contributed by atoms with Gasteiger partial charge in [0.25, 0.3) is 5.56 Å². The zero-order valence-electron chi connectivity index (χ0n) is 10.5. The lowest BCUT2D eigenvalue weighted by atomic mass is 10.2. The predicted octanol–water partition coefficient (Wildman–Crippen LogP) is 2.76. The Morgan fingerprint density at radius 1 is 1.21 bits per heavy atom. The molecule has 2 rings (SSSR count). The van der Waals surface area contributed by atoms with Crippen LogP contribution in [0.3, 0.4) is 0 Å². The standard InChI is InChI=1S/C14H14F2N2O/c1-2-18-9-11(6-7-13(18)19)17-8-10-4-3-5-12(15)14(10)16/h3-7,9,17H,2,8H2,1H3. The lowest BCUT2D eigenvalue weighted by Gasteiger charge is -2.09. The third-order valence-electron chi connectivity index (χ3n) is 2.84. The Kier molecular flexibility index (Phi) is 3.94. The van der Waals surface area contributed by atoms with Gasteiger partial charge in [-0.3, -0.25) is 4.79 Å². The topological polar surface area (TPSA) is 34.0 Å². The minimum absolute atomic E-state index is 0.0926. The molecule has 0 aliphatic carbocycles. The molecule has 5 heteroatoms. The zero-order valence-corrected chi connectivity index (χ0v) is 10.5. The maximum atomic E-state index is 13.4. The number of benzene rings is 1. The van der Waals surface area contributed by atoms with Crippen molar-refractivity contribution in [2.75, 3.05) is 5.32 Å². The average Bonchev–Trinajstić information content (AvgIpc) is 2.42. The number of nitrogens with one attached hydrogen (secondary N) is 1. The molecule has 0 unspecified atom stereocenters. The van der Waals surface area contributed by atoms with Gasteiger partial charge in [-0.2, -0.15) is 0 Å². The first-order chi connectivity index (χ1) is 9.11. The summed E-state index contributed by atoms with van der Waals surface area (Å²) in [5, 5.41) is 2.96. The van der Waals surface area contributed by atoms with Crippen molar-refractivity contribution in [3.63, 3.8) is 0 Å². The Morgan fingerprint density at radius 3 is 2.74 bits per heavy atom. The van der Waals surface area contributed by atoms with Crippen molar-refractivity contribution < 1.29 is 8.78 Å². The van der Waals surface area contributed by atoms with Crippen LogP contribution in [-0.4, -0.2) is 4.57 Å². The molecule has 2 aromatic rings. The molecule has 0 radical (unpaired) electrons. The van der Waals surface area contributed by atoms with Crippen molar-refractivity contribution in [3.8, 4) is 0 Å². The van der Waals surface area contributed by atoms with E-state index in [4.69, 9.17) is 0 Å². The van der Waals surface area contributed by atoms with E-state index in [0.717, 1.165) is 6.07 Å². The highest BCUT2D eigenvalue weighted by atomic mass is 19.2. The number of rotatable bonds is 4. The monoisotopic (exact) mass is 264 g/mol. The van der Waals surface area contributed by atoms with Crippen LogP contribution in [0.5, 0.6) is 0 Å². The van der Waals surface area contributed by atoms with Gasteiger partial charge in [-0.25, -0.2) is 8.78 Å². The largest absolute Gasteiger partial charge is 0.380 e. The molecule has 0 aliphatic heterocycles. The fourth-order valence-electron chi connectivity index (χ4n) is 1.77. The first-order valence-electron chi connectivity index (χ1n) is 5.99. The molecule has 0 aliphatic rings. The molecule has 0 amide bonds. The molecule has 0 saturated heterocycles. The van der Waals surface area contributed by atoms with E-state index >= 15 is 0 Å². The van der Waals surface area contributed by atoms with Gasteiger partial charge < -0.3 is 9.88 Å². The Bertz CT molecular complexity index is 638. The molecule has 1 N–H and O–H groups in total. The Morgan fingerprint density at radius 2 is 2.00 bits per heavy atom. The number of aromatic nitrogens is 1. The number of halogens is 2. The van der Waals surface area contributed by atoms with Gasteiger partial charge in [0.15, 0.2) is 11.6 Å². The van der Waals surface area contributed by atoms with E-state index in [1.54, 1.807) is 12.3 Å². The summed E-state index contributed by atoms with van der Waals surface area (Å²) in [4.78, 5) is 11.4. The number of hydrogen-bond acceptors (Lipinski definition) is 2. The first-order valence-corrected chi connectivity index (χ1v) is 5.99. The number of aryl methyl sites for hydroxylation is 1. The maximum absolute atomic E-state index is 13.4. The van der Waals surface area contributed by atoms with E-state index in [9.17, 15) is 13.6 Å². The second kappa shape index (κ2) is 5.65. The van der Waals surface area contributed by atoms with Gasteiger partial charge in [0.1, 0.15) is 0 Å². The molecular weight excluding hydrogens is 250 g/mol. The summed E-state index contributed by atoms with van der Waals surface area (Å²) in [7, 11) is 0. The van der Waals surface area contributed by atoms with E-state index < -0.39 is 11.6 Å². The molecule has 0 bridgehead atoms. The summed E-state index contributed by atoms with van der Waals surface area (Å²) in [5.41, 5.74) is 0.837. The first kappa shape index (κ1) is 13.3. The normalized spacial score (nSPS) is 10.5. The second-order valence-corrected chi connectivity index (χ2v) is 4.11. The van der Waals surface area contributed by atoms with Gasteiger partial charge in [0, 0.05) is 30.9 Å². The van der Waals surface area contributed by atoms with E-state index in [2.05, 4.69) is 5.32 Å². The molecule has 1 aromatic carbocycles. The minimum Gasteiger partial charge on any atom is -0.380 e. The lowest BCUT2D eigenvalue weighted by Crippen LogP contribution is -2.18. The summed E-state index contributed by atoms with van der Waals surface area (Å²) < 4.78 is 28.0. The molecule has 1 heterocycles. The quantitative estimate of drug-likeness (QED) is 0.921. The molecule has 0 spiro atoms. The second-order valence-electron chi connectivity index (χ2n) is 4.11. The van der Waals surface area contributed by atoms with Gasteiger partial charge in [0.2, 0.25) is 0 Å². The van der Waals surface area contributed by atoms with Crippen molar-refractivity contribution in [1.29, 1.82) is 0 Å². The third-order valence-corrected chi connectivity index (χ3v) is 2.84. The zero-order chi connectivity index (χ0) is 13.8. The molecule has 1 aromatic heterocycles. The summed E-state index contributed by atoms with van der Waals surface area (Å²) in [5.74, 6) is -1.71. The number of pyridine rings is 1. The summed E-state index contributed by atoms with van der Waals surface area (Å²) >= 11 is 0. The number of nitrogens with zero attached hydrogens (tertiary/aromatic N) is 1. The summed E-state index contributed by atoms with van der Waals surface area (Å²) in [6.45, 7) is 2.58. The van der Waals surface area contributed by atoms with Crippen molar-refractivity contribution >= 4 is 5.69 Å². The van der Waals surface area contributed by atoms with E-state index in [0.29, 0.717) is 12.2 Å². The van der Waals surface area contributed by atoms with E-state index in [-0.39, 0.29) is 17.7 Å². The SMILES string of the molecule is CCn1cc(NCc2cccc(F)c2F)ccc1=O. The predicted molar refractivity (Wildman–Crippen MR) is 70.1 cm³/mol. The van der Waals surface area contributed by atoms with Gasteiger partial charge in [-0.15, -0.1) is 0 Å². The maximum Gasteiger partial charge on any atom is 0.250 e. The molecule has 0 saturated carbocycles. The highest BCUT2D eigenvalue weighted by molar-refractivity contribution is 5.41. The minimum atomic E-state index is -0.863. The average molecular weight is 264 g/mol. The Hall–Kier alpha value is -2.17. The van der Waals surface area contributed by atoms with Crippen LogP contribution in [0.4, 0.5) is 14.5 Å². The van der Waals surface area contributed by atoms with Crippen LogP contribution in [0.1, 0.15) is 12.5 Å². The van der Waals surface area contributed by atoms with Crippen LogP contribution >= 0.6 is 0 Å². The molecule has 0 fully saturated rings. The smallest absolute Gasteiger partial charge is 0.250 e. The van der Waals surface area contributed by atoms with Crippen molar-refractivity contribution in [2.45, 2.75) is 20.0 Å². The lowest BCUT2D eigenvalue weighted by molar-refractivity contribution is 0.500. The Balaban J connectivity index is 2.14. The number of anilines is 1. The molecular formula is C14H14F2N2O. The van der Waals surface area contributed by atoms with Gasteiger partial charge in [0.05, 0.1) is 5.69 Å². The third kappa shape index (κ3) is 2.99. The van der Waals surface area contributed by atoms with Crippen molar-refractivity contribution in [1.82, 2.24) is 4.57 Å². The van der Waals surface area contributed by atoms with Gasteiger partial charge >= 0.3 is 0 Å². The van der Waals surface area contributed by atoms with Crippen LogP contribution in [0.2, 0.25) is 0 Å². The molecule has 100 valence electrons. The van der Waals surface area contributed by atoms with Gasteiger partial charge in [-0.05, 0) is 19.1 Å². The van der Waals surface area contributed by atoms with E-state index in [1.807, 2.05) is 6.92 Å². The summed E-state index contributed by atoms with van der Waals surface area (Å²) in [6, 6.07) is 7.11. The Labute approximate surface area is 109 Å². The van der Waals surface area contributed by atoms with Crippen LogP contribution in [0.15, 0.2) is 41.3 Å². The van der Waals surface area contributed by atoms with Gasteiger partial charge in [-0.1, -0.05) is 12.1 Å². The highest BCUT2D eigenvalue weighted by Crippen LogP contribution is 2.13. The molecule has 0 atom stereocenters. The van der Waals surface area contributed by atoms with Crippen molar-refractivity contribution in [3.05, 3.63) is 64.1 Å².